The monoisotopic (exact) mass is 301 g/mol. The molecular formula is C12H13BrClNO. The molecule has 1 aromatic rings. The van der Waals surface area contributed by atoms with Crippen LogP contribution in [0.2, 0.25) is 0 Å². The van der Waals surface area contributed by atoms with Crippen LogP contribution >= 0.6 is 27.5 Å². The van der Waals surface area contributed by atoms with Gasteiger partial charge in [0.2, 0.25) is 5.91 Å². The lowest BCUT2D eigenvalue weighted by molar-refractivity contribution is -0.117. The predicted molar refractivity (Wildman–Crippen MR) is 70.1 cm³/mol. The minimum atomic E-state index is 0.164. The Labute approximate surface area is 109 Å². The first-order valence-electron chi connectivity index (χ1n) is 5.25. The molecule has 1 heterocycles. The normalized spacial score (nSPS) is 20.6. The van der Waals surface area contributed by atoms with E-state index in [9.17, 15) is 4.79 Å². The summed E-state index contributed by atoms with van der Waals surface area (Å²) >= 11 is 9.34. The Hall–Kier alpha value is -0.540. The fourth-order valence-corrected chi connectivity index (χ4v) is 2.64. The predicted octanol–water partition coefficient (Wildman–Crippen LogP) is 3.35. The third-order valence-corrected chi connectivity index (χ3v) is 4.35. The molecule has 1 fully saturated rings. The molecule has 1 unspecified atom stereocenters. The van der Waals surface area contributed by atoms with Gasteiger partial charge in [0.25, 0.3) is 0 Å². The van der Waals surface area contributed by atoms with Gasteiger partial charge in [0.1, 0.15) is 0 Å². The van der Waals surface area contributed by atoms with Crippen LogP contribution in [-0.4, -0.2) is 18.3 Å². The van der Waals surface area contributed by atoms with E-state index < -0.39 is 0 Å². The van der Waals surface area contributed by atoms with Crippen LogP contribution in [0.1, 0.15) is 12.0 Å². The number of hydrogen-bond acceptors (Lipinski definition) is 1. The molecule has 0 bridgehead atoms. The molecule has 0 N–H and O–H groups in total. The minimum Gasteiger partial charge on any atom is -0.311 e. The van der Waals surface area contributed by atoms with E-state index in [2.05, 4.69) is 15.9 Å². The van der Waals surface area contributed by atoms with Crippen molar-refractivity contribution in [2.45, 2.75) is 13.3 Å². The summed E-state index contributed by atoms with van der Waals surface area (Å²) < 4.78 is 0.999. The van der Waals surface area contributed by atoms with Gasteiger partial charge in [-0.05, 0) is 40.4 Å². The highest BCUT2D eigenvalue weighted by Gasteiger charge is 2.30. The lowest BCUT2D eigenvalue weighted by Gasteiger charge is -2.19. The number of nitrogens with zero attached hydrogens (tertiary/aromatic N) is 1. The number of aryl methyl sites for hydroxylation is 1. The molecule has 0 aromatic heterocycles. The standard InChI is InChI=1S/C12H13BrClNO/c1-8-3-2-4-10(12(8)13)15-7-9(6-14)5-11(15)16/h2-4,9H,5-7H2,1H3. The number of carbonyl (C=O) groups excluding carboxylic acids is 1. The smallest absolute Gasteiger partial charge is 0.227 e. The average Bonchev–Trinajstić information content (AvgIpc) is 2.64. The van der Waals surface area contributed by atoms with Gasteiger partial charge in [-0.2, -0.15) is 0 Å². The maximum Gasteiger partial charge on any atom is 0.227 e. The maximum absolute atomic E-state index is 11.9. The van der Waals surface area contributed by atoms with E-state index in [4.69, 9.17) is 11.6 Å². The van der Waals surface area contributed by atoms with Crippen molar-refractivity contribution in [3.05, 3.63) is 28.2 Å². The Morgan fingerprint density at radius 2 is 2.31 bits per heavy atom. The maximum atomic E-state index is 11.9. The van der Waals surface area contributed by atoms with Crippen LogP contribution in [0, 0.1) is 12.8 Å². The zero-order valence-corrected chi connectivity index (χ0v) is 11.4. The van der Waals surface area contributed by atoms with Gasteiger partial charge < -0.3 is 4.90 Å². The molecule has 2 nitrogen and oxygen atoms in total. The molecule has 2 rings (SSSR count). The van der Waals surface area contributed by atoms with E-state index >= 15 is 0 Å². The Bertz CT molecular complexity index is 421. The first kappa shape index (κ1) is 11.9. The van der Waals surface area contributed by atoms with Crippen molar-refractivity contribution < 1.29 is 4.79 Å². The van der Waals surface area contributed by atoms with Gasteiger partial charge in [0.05, 0.1) is 5.69 Å². The SMILES string of the molecule is Cc1cccc(N2CC(CCl)CC2=O)c1Br. The van der Waals surface area contributed by atoms with Crippen molar-refractivity contribution in [2.24, 2.45) is 5.92 Å². The van der Waals surface area contributed by atoms with Crippen LogP contribution in [0.15, 0.2) is 22.7 Å². The van der Waals surface area contributed by atoms with Crippen molar-refractivity contribution in [3.8, 4) is 0 Å². The Morgan fingerprint density at radius 3 is 2.94 bits per heavy atom. The quantitative estimate of drug-likeness (QED) is 0.767. The molecule has 1 atom stereocenters. The van der Waals surface area contributed by atoms with Crippen molar-refractivity contribution in [3.63, 3.8) is 0 Å². The zero-order chi connectivity index (χ0) is 11.7. The molecule has 0 saturated carbocycles. The second-order valence-corrected chi connectivity index (χ2v) is 5.24. The number of alkyl halides is 1. The van der Waals surface area contributed by atoms with Crippen molar-refractivity contribution in [2.75, 3.05) is 17.3 Å². The van der Waals surface area contributed by atoms with Gasteiger partial charge in [-0.1, -0.05) is 12.1 Å². The number of carbonyl (C=O) groups is 1. The molecule has 1 aliphatic heterocycles. The fourth-order valence-electron chi connectivity index (χ4n) is 1.96. The summed E-state index contributed by atoms with van der Waals surface area (Å²) in [6.45, 7) is 2.75. The molecule has 0 spiro atoms. The highest BCUT2D eigenvalue weighted by Crippen LogP contribution is 2.33. The number of hydrogen-bond donors (Lipinski definition) is 0. The first-order chi connectivity index (χ1) is 7.63. The zero-order valence-electron chi connectivity index (χ0n) is 9.04. The van der Waals surface area contributed by atoms with Crippen LogP contribution in [0.3, 0.4) is 0 Å². The molecule has 1 saturated heterocycles. The Kier molecular flexibility index (Phi) is 3.55. The summed E-state index contributed by atoms with van der Waals surface area (Å²) in [5.74, 6) is 0.990. The highest BCUT2D eigenvalue weighted by molar-refractivity contribution is 9.10. The van der Waals surface area contributed by atoms with Gasteiger partial charge in [-0.3, -0.25) is 4.79 Å². The Balaban J connectivity index is 2.31. The van der Waals surface area contributed by atoms with Crippen LogP contribution in [0.4, 0.5) is 5.69 Å². The van der Waals surface area contributed by atoms with Crippen LogP contribution < -0.4 is 4.90 Å². The lowest BCUT2D eigenvalue weighted by Crippen LogP contribution is -2.25. The third kappa shape index (κ3) is 2.11. The molecule has 0 radical (unpaired) electrons. The number of amides is 1. The summed E-state index contributed by atoms with van der Waals surface area (Å²) in [6, 6.07) is 5.95. The lowest BCUT2D eigenvalue weighted by atomic mass is 10.1. The number of rotatable bonds is 2. The number of benzene rings is 1. The third-order valence-electron chi connectivity index (χ3n) is 2.89. The summed E-state index contributed by atoms with van der Waals surface area (Å²) in [6.07, 6.45) is 0.559. The molecule has 4 heteroatoms. The number of anilines is 1. The molecule has 86 valence electrons. The van der Waals surface area contributed by atoms with Crippen molar-refractivity contribution >= 4 is 39.1 Å². The van der Waals surface area contributed by atoms with E-state index in [1.54, 1.807) is 0 Å². The number of halogens is 2. The molecule has 16 heavy (non-hydrogen) atoms. The second kappa shape index (κ2) is 4.76. The molecule has 1 amide bonds. The summed E-state index contributed by atoms with van der Waals surface area (Å²) in [5.41, 5.74) is 2.09. The van der Waals surface area contributed by atoms with Gasteiger partial charge >= 0.3 is 0 Å². The summed E-state index contributed by atoms with van der Waals surface area (Å²) in [5, 5.41) is 0. The molecule has 1 aromatic carbocycles. The van der Waals surface area contributed by atoms with E-state index in [-0.39, 0.29) is 11.8 Å². The van der Waals surface area contributed by atoms with Crippen LogP contribution in [0.5, 0.6) is 0 Å². The summed E-state index contributed by atoms with van der Waals surface area (Å²) in [4.78, 5) is 13.7. The topological polar surface area (TPSA) is 20.3 Å². The first-order valence-corrected chi connectivity index (χ1v) is 6.57. The fraction of sp³-hybridized carbons (Fsp3) is 0.417. The largest absolute Gasteiger partial charge is 0.311 e. The van der Waals surface area contributed by atoms with E-state index in [0.717, 1.165) is 22.3 Å². The average molecular weight is 303 g/mol. The van der Waals surface area contributed by atoms with Gasteiger partial charge in [0.15, 0.2) is 0 Å². The van der Waals surface area contributed by atoms with Crippen molar-refractivity contribution in [1.82, 2.24) is 0 Å². The molecule has 0 aliphatic carbocycles. The second-order valence-electron chi connectivity index (χ2n) is 4.14. The van der Waals surface area contributed by atoms with Gasteiger partial charge in [-0.15, -0.1) is 11.6 Å². The summed E-state index contributed by atoms with van der Waals surface area (Å²) in [7, 11) is 0. The van der Waals surface area contributed by atoms with Crippen LogP contribution in [-0.2, 0) is 4.79 Å². The van der Waals surface area contributed by atoms with Crippen LogP contribution in [0.25, 0.3) is 0 Å². The highest BCUT2D eigenvalue weighted by atomic mass is 79.9. The van der Waals surface area contributed by atoms with E-state index in [1.165, 1.54) is 0 Å². The van der Waals surface area contributed by atoms with Crippen molar-refractivity contribution in [1.29, 1.82) is 0 Å². The molecule has 1 aliphatic rings. The minimum absolute atomic E-state index is 0.164. The van der Waals surface area contributed by atoms with Gasteiger partial charge in [-0.25, -0.2) is 0 Å². The van der Waals surface area contributed by atoms with E-state index in [0.29, 0.717) is 12.3 Å². The van der Waals surface area contributed by atoms with Gasteiger partial charge in [0, 0.05) is 23.3 Å². The van der Waals surface area contributed by atoms with E-state index in [1.807, 2.05) is 30.0 Å². The Morgan fingerprint density at radius 1 is 1.56 bits per heavy atom. The molecular weight excluding hydrogens is 289 g/mol.